The number of rotatable bonds is 61. The molecule has 0 saturated heterocycles. The van der Waals surface area contributed by atoms with Crippen LogP contribution in [0.4, 0.5) is 0 Å². The summed E-state index contributed by atoms with van der Waals surface area (Å²) in [6.07, 6.45) is 97.7. The van der Waals surface area contributed by atoms with Gasteiger partial charge in [-0.05, 0) is 128 Å². The van der Waals surface area contributed by atoms with Crippen molar-refractivity contribution in [1.29, 1.82) is 0 Å². The van der Waals surface area contributed by atoms with E-state index in [0.29, 0.717) is 17.4 Å². The highest BCUT2D eigenvalue weighted by atomic mass is 31.2. The number of likely N-dealkylation sites (N-methyl/N-ethyl adjacent to an activating group) is 1. The van der Waals surface area contributed by atoms with Gasteiger partial charge in [0.15, 0.2) is 6.10 Å². The molecule has 0 amide bonds. The molecule has 0 heterocycles. The summed E-state index contributed by atoms with van der Waals surface area (Å²) in [5, 5.41) is 0. The minimum Gasteiger partial charge on any atom is -0.462 e. The van der Waals surface area contributed by atoms with E-state index in [1.54, 1.807) is 0 Å². The largest absolute Gasteiger partial charge is 0.472 e. The SMILES string of the molecule is CC/C=C\C/C=C\C/C=C\C/C=C\C/C=C\C/C=C\C/C=C\C/C=C\C/C=C\C/C=C\C/C=C\C/C=C\CCCCCCC(=O)OC(COC(=O)CCCCCCCCCCC/C=C\CCCCCCCCCC)COP(=O)(O)OCC[N+](C)(C)C. The molecule has 0 aromatic carbocycles. The summed E-state index contributed by atoms with van der Waals surface area (Å²) in [5.74, 6) is -0.835. The number of ether oxygens (including phenoxy) is 2. The third-order valence-corrected chi connectivity index (χ3v) is 15.0. The molecule has 2 unspecified atom stereocenters. The van der Waals surface area contributed by atoms with E-state index in [1.165, 1.54) is 103 Å². The second kappa shape index (κ2) is 65.1. The maximum Gasteiger partial charge on any atom is 0.472 e. The zero-order chi connectivity index (χ0) is 62.6. The van der Waals surface area contributed by atoms with Crippen LogP contribution in [-0.4, -0.2) is 74.9 Å². The average molecular weight is 1210 g/mol. The Bertz CT molecular complexity index is 2010. The van der Waals surface area contributed by atoms with Gasteiger partial charge in [0, 0.05) is 12.8 Å². The van der Waals surface area contributed by atoms with Crippen LogP contribution in [0.25, 0.3) is 0 Å². The number of phosphoric acid groups is 1. The van der Waals surface area contributed by atoms with Gasteiger partial charge < -0.3 is 18.9 Å². The molecule has 0 aromatic rings. The zero-order valence-electron chi connectivity index (χ0n) is 55.5. The molecule has 9 nitrogen and oxygen atoms in total. The number of carbonyl (C=O) groups excluding carboxylic acids is 2. The third-order valence-electron chi connectivity index (χ3n) is 14.0. The Labute approximate surface area is 528 Å². The second-order valence-corrected chi connectivity index (χ2v) is 24.9. The van der Waals surface area contributed by atoms with Crippen molar-refractivity contribution in [3.8, 4) is 0 Å². The van der Waals surface area contributed by atoms with E-state index in [0.717, 1.165) is 122 Å². The first-order valence-electron chi connectivity index (χ1n) is 34.2. The van der Waals surface area contributed by atoms with Gasteiger partial charge in [0.05, 0.1) is 27.7 Å². The average Bonchev–Trinajstić information content (AvgIpc) is 3.70. The summed E-state index contributed by atoms with van der Waals surface area (Å²) in [4.78, 5) is 35.8. The summed E-state index contributed by atoms with van der Waals surface area (Å²) in [7, 11) is 1.44. The minimum absolute atomic E-state index is 0.0185. The molecular formula is C76H127NO8P+. The second-order valence-electron chi connectivity index (χ2n) is 23.5. The van der Waals surface area contributed by atoms with Crippen molar-refractivity contribution >= 4 is 19.8 Å². The van der Waals surface area contributed by atoms with Crippen LogP contribution in [0.5, 0.6) is 0 Å². The van der Waals surface area contributed by atoms with E-state index in [2.05, 4.69) is 172 Å². The zero-order valence-corrected chi connectivity index (χ0v) is 56.4. The Kier molecular flexibility index (Phi) is 61.8. The van der Waals surface area contributed by atoms with Gasteiger partial charge in [-0.25, -0.2) is 4.57 Å². The predicted molar refractivity (Wildman–Crippen MR) is 371 cm³/mol. The molecule has 0 aliphatic heterocycles. The van der Waals surface area contributed by atoms with Crippen LogP contribution in [0.1, 0.15) is 258 Å². The molecule has 10 heteroatoms. The summed E-state index contributed by atoms with van der Waals surface area (Å²) < 4.78 is 34.6. The first kappa shape index (κ1) is 81.6. The number of unbranched alkanes of at least 4 members (excludes halogenated alkanes) is 21. The molecule has 2 atom stereocenters. The van der Waals surface area contributed by atoms with Gasteiger partial charge in [0.2, 0.25) is 0 Å². The number of esters is 2. The maximum absolute atomic E-state index is 12.9. The molecule has 0 saturated carbocycles. The number of hydrogen-bond acceptors (Lipinski definition) is 7. The number of nitrogens with zero attached hydrogens (tertiary/aromatic N) is 1. The lowest BCUT2D eigenvalue weighted by molar-refractivity contribution is -0.870. The van der Waals surface area contributed by atoms with Crippen molar-refractivity contribution in [1.82, 2.24) is 0 Å². The fourth-order valence-electron chi connectivity index (χ4n) is 8.82. The Morgan fingerprint density at radius 1 is 0.372 bits per heavy atom. The van der Waals surface area contributed by atoms with Crippen molar-refractivity contribution in [2.45, 2.75) is 264 Å². The number of allylic oxidation sites excluding steroid dienone is 26. The van der Waals surface area contributed by atoms with Crippen molar-refractivity contribution in [2.24, 2.45) is 0 Å². The van der Waals surface area contributed by atoms with Gasteiger partial charge >= 0.3 is 19.8 Å². The number of carbonyl (C=O) groups is 2. The van der Waals surface area contributed by atoms with Gasteiger partial charge in [-0.2, -0.15) is 0 Å². The highest BCUT2D eigenvalue weighted by Gasteiger charge is 2.27. The highest BCUT2D eigenvalue weighted by Crippen LogP contribution is 2.43. The van der Waals surface area contributed by atoms with Gasteiger partial charge in [0.25, 0.3) is 0 Å². The smallest absolute Gasteiger partial charge is 0.462 e. The van der Waals surface area contributed by atoms with E-state index in [4.69, 9.17) is 18.5 Å². The molecule has 0 spiro atoms. The quantitative estimate of drug-likeness (QED) is 0.0211. The van der Waals surface area contributed by atoms with Crippen LogP contribution >= 0.6 is 7.82 Å². The predicted octanol–water partition coefficient (Wildman–Crippen LogP) is 22.4. The Morgan fingerprint density at radius 3 is 1.00 bits per heavy atom. The topological polar surface area (TPSA) is 108 Å². The summed E-state index contributed by atoms with van der Waals surface area (Å²) in [5.41, 5.74) is 0. The van der Waals surface area contributed by atoms with Crippen molar-refractivity contribution in [2.75, 3.05) is 47.5 Å². The first-order chi connectivity index (χ1) is 42.0. The lowest BCUT2D eigenvalue weighted by Gasteiger charge is -2.24. The molecule has 488 valence electrons. The molecule has 0 bridgehead atoms. The number of quaternary nitrogens is 1. The molecule has 86 heavy (non-hydrogen) atoms. The lowest BCUT2D eigenvalue weighted by Crippen LogP contribution is -2.37. The van der Waals surface area contributed by atoms with Crippen LogP contribution in [-0.2, 0) is 32.7 Å². The summed E-state index contributed by atoms with van der Waals surface area (Å²) in [6.45, 7) is 4.28. The van der Waals surface area contributed by atoms with Gasteiger partial charge in [-0.1, -0.05) is 275 Å². The lowest BCUT2D eigenvalue weighted by atomic mass is 10.1. The van der Waals surface area contributed by atoms with E-state index < -0.39 is 26.5 Å². The Morgan fingerprint density at radius 2 is 0.663 bits per heavy atom. The monoisotopic (exact) mass is 1210 g/mol. The Balaban J connectivity index is 4.19. The van der Waals surface area contributed by atoms with Crippen LogP contribution < -0.4 is 0 Å². The molecule has 1 N–H and O–H groups in total. The minimum atomic E-state index is -4.41. The van der Waals surface area contributed by atoms with Crippen molar-refractivity contribution < 1.29 is 42.1 Å². The summed E-state index contributed by atoms with van der Waals surface area (Å²) in [6, 6.07) is 0. The third kappa shape index (κ3) is 68.7. The molecule has 0 radical (unpaired) electrons. The van der Waals surface area contributed by atoms with Crippen LogP contribution in [0, 0.1) is 0 Å². The van der Waals surface area contributed by atoms with E-state index in [-0.39, 0.29) is 32.0 Å². The van der Waals surface area contributed by atoms with E-state index >= 15 is 0 Å². The number of hydrogen-bond donors (Lipinski definition) is 1. The summed E-state index contributed by atoms with van der Waals surface area (Å²) >= 11 is 0. The van der Waals surface area contributed by atoms with Crippen LogP contribution in [0.3, 0.4) is 0 Å². The Hall–Kier alpha value is -4.37. The molecule has 0 aliphatic carbocycles. The maximum atomic E-state index is 12.9. The van der Waals surface area contributed by atoms with Crippen molar-refractivity contribution in [3.05, 3.63) is 158 Å². The molecule has 0 aliphatic rings. The molecule has 0 rings (SSSR count). The molecular weight excluding hydrogens is 1090 g/mol. The molecule has 0 aromatic heterocycles. The highest BCUT2D eigenvalue weighted by molar-refractivity contribution is 7.47. The number of phosphoric ester groups is 1. The standard InChI is InChI=1S/C76H126NO8P/c1-6-8-10-12-14-16-18-20-22-24-26-28-29-30-31-32-33-34-35-36-37-38-39-40-41-42-43-44-45-46-47-49-51-53-55-57-59-61-63-65-67-69-76(79)85-74(73-84-86(80,81)83-71-70-77(3,4)5)72-82-75(78)68-66-64-62-60-58-56-54-52-50-48-27-25-23-21-19-17-15-13-11-9-7-2/h8,10,14,16,20,22,25-28,30-31,33-34,36-37,39-40,42-43,45-46,49,51,55,57,74H,6-7,9,11-13,15,17-19,21,23-24,29,32,35,38,41,44,47-48,50,52-54,56,58-73H2,1-5H3/p+1/b10-8-,16-14-,22-20-,27-25-,28-26-,31-30-,34-33-,37-36-,40-39-,43-42-,46-45-,51-49-,57-55-. The van der Waals surface area contributed by atoms with Crippen LogP contribution in [0.2, 0.25) is 0 Å². The van der Waals surface area contributed by atoms with Gasteiger partial charge in [0.1, 0.15) is 19.8 Å². The fraction of sp³-hybridized carbons (Fsp3) is 0.632. The van der Waals surface area contributed by atoms with E-state index in [9.17, 15) is 19.0 Å². The van der Waals surface area contributed by atoms with Crippen molar-refractivity contribution in [3.63, 3.8) is 0 Å². The fourth-order valence-corrected chi connectivity index (χ4v) is 9.56. The molecule has 0 fully saturated rings. The van der Waals surface area contributed by atoms with E-state index in [1.807, 2.05) is 21.1 Å². The normalized spacial score (nSPS) is 14.2. The van der Waals surface area contributed by atoms with Crippen LogP contribution in [0.15, 0.2) is 158 Å². The van der Waals surface area contributed by atoms with Gasteiger partial charge in [-0.3, -0.25) is 18.6 Å². The first-order valence-corrected chi connectivity index (χ1v) is 35.7. The van der Waals surface area contributed by atoms with Gasteiger partial charge in [-0.15, -0.1) is 0 Å².